The molecule has 0 saturated carbocycles. The highest BCUT2D eigenvalue weighted by Crippen LogP contribution is 2.35. The largest absolute Gasteiger partial charge is 0.391 e. The number of aliphatic hydroxyl groups is 1. The van der Waals surface area contributed by atoms with Gasteiger partial charge in [0.05, 0.1) is 11.9 Å². The molecular formula is C26H42FN3OS. The summed E-state index contributed by atoms with van der Waals surface area (Å²) in [6, 6.07) is 15.4. The van der Waals surface area contributed by atoms with Crippen molar-refractivity contribution >= 4 is 11.8 Å². The molecule has 6 heteroatoms. The first-order chi connectivity index (χ1) is 15.4. The lowest BCUT2D eigenvalue weighted by atomic mass is 10.0. The van der Waals surface area contributed by atoms with E-state index in [-0.39, 0.29) is 6.10 Å². The van der Waals surface area contributed by atoms with Gasteiger partial charge in [0.15, 0.2) is 0 Å². The van der Waals surface area contributed by atoms with Gasteiger partial charge in [-0.1, -0.05) is 76.7 Å². The van der Waals surface area contributed by atoms with E-state index in [0.717, 1.165) is 18.7 Å². The summed E-state index contributed by atoms with van der Waals surface area (Å²) >= 11 is 1.85. The Morgan fingerprint density at radius 2 is 1.78 bits per heavy atom. The van der Waals surface area contributed by atoms with Gasteiger partial charge >= 0.3 is 0 Å². The smallest absolute Gasteiger partial charge is 0.0947 e. The van der Waals surface area contributed by atoms with Crippen LogP contribution in [0.3, 0.4) is 0 Å². The molecule has 4 nitrogen and oxygen atoms in total. The minimum absolute atomic E-state index is 0.316. The highest BCUT2D eigenvalue weighted by Gasteiger charge is 2.09. The lowest BCUT2D eigenvalue weighted by Crippen LogP contribution is -2.31. The first-order valence-electron chi connectivity index (χ1n) is 11.3. The molecule has 5 N–H and O–H groups in total. The minimum atomic E-state index is -0.316. The number of benzene rings is 2. The van der Waals surface area contributed by atoms with Gasteiger partial charge in [0, 0.05) is 23.4 Å². The van der Waals surface area contributed by atoms with Crippen LogP contribution in [0.1, 0.15) is 63.6 Å². The third kappa shape index (κ3) is 10.5. The summed E-state index contributed by atoms with van der Waals surface area (Å²) in [5, 5.41) is 16.1. The Bertz CT molecular complexity index is 796. The van der Waals surface area contributed by atoms with Crippen LogP contribution < -0.4 is 16.6 Å². The number of hydrogen-bond acceptors (Lipinski definition) is 5. The summed E-state index contributed by atoms with van der Waals surface area (Å²) in [6.45, 7) is 13.2. The van der Waals surface area contributed by atoms with E-state index in [4.69, 9.17) is 4.48 Å². The van der Waals surface area contributed by atoms with Crippen molar-refractivity contribution in [3.63, 3.8) is 0 Å². The lowest BCUT2D eigenvalue weighted by molar-refractivity contribution is 0.170. The predicted molar refractivity (Wildman–Crippen MR) is 138 cm³/mol. The van der Waals surface area contributed by atoms with E-state index in [1.807, 2.05) is 39.6 Å². The molecule has 180 valence electrons. The Hall–Kier alpha value is -2.02. The number of allylic oxidation sites excluding steroid dienone is 1. The Kier molecular flexibility index (Phi) is 16.4. The second-order valence-electron chi connectivity index (χ2n) is 7.41. The van der Waals surface area contributed by atoms with E-state index in [0.29, 0.717) is 12.5 Å². The average Bonchev–Trinajstić information content (AvgIpc) is 2.83. The van der Waals surface area contributed by atoms with Crippen molar-refractivity contribution in [2.75, 3.05) is 13.6 Å². The van der Waals surface area contributed by atoms with Crippen LogP contribution in [0.2, 0.25) is 0 Å². The van der Waals surface area contributed by atoms with Gasteiger partial charge in [-0.3, -0.25) is 0 Å². The average molecular weight is 464 g/mol. The molecule has 1 unspecified atom stereocenters. The summed E-state index contributed by atoms with van der Waals surface area (Å²) < 4.78 is 9.00. The van der Waals surface area contributed by atoms with Crippen LogP contribution in [0, 0.1) is 6.92 Å². The van der Waals surface area contributed by atoms with Crippen molar-refractivity contribution in [3.8, 4) is 0 Å². The van der Waals surface area contributed by atoms with Gasteiger partial charge in [-0.15, -0.1) is 4.48 Å². The molecule has 0 aliphatic rings. The topological polar surface area (TPSA) is 70.3 Å². The van der Waals surface area contributed by atoms with E-state index in [1.165, 1.54) is 26.5 Å². The highest BCUT2D eigenvalue weighted by molar-refractivity contribution is 7.99. The van der Waals surface area contributed by atoms with Gasteiger partial charge in [0.25, 0.3) is 0 Å². The zero-order chi connectivity index (χ0) is 24.5. The molecule has 0 aromatic heterocycles. The Morgan fingerprint density at radius 1 is 1.12 bits per heavy atom. The summed E-state index contributed by atoms with van der Waals surface area (Å²) in [7, 11) is 1.90. The maximum Gasteiger partial charge on any atom is 0.0947 e. The van der Waals surface area contributed by atoms with Crippen LogP contribution in [-0.4, -0.2) is 24.8 Å². The molecule has 0 aliphatic carbocycles. The van der Waals surface area contributed by atoms with Crippen LogP contribution in [-0.2, 0) is 6.42 Å². The Balaban J connectivity index is 0.00000227. The van der Waals surface area contributed by atoms with Gasteiger partial charge in [-0.2, -0.15) is 5.96 Å². The fourth-order valence-electron chi connectivity index (χ4n) is 2.98. The van der Waals surface area contributed by atoms with Crippen LogP contribution in [0.25, 0.3) is 0 Å². The minimum Gasteiger partial charge on any atom is -0.391 e. The van der Waals surface area contributed by atoms with Crippen molar-refractivity contribution in [3.05, 3.63) is 71.1 Å². The van der Waals surface area contributed by atoms with Gasteiger partial charge in [-0.05, 0) is 60.6 Å². The normalized spacial score (nSPS) is 11.7. The summed E-state index contributed by atoms with van der Waals surface area (Å²) in [4.78, 5) is 2.64. The Morgan fingerprint density at radius 3 is 2.34 bits per heavy atom. The van der Waals surface area contributed by atoms with Gasteiger partial charge in [-0.25, -0.2) is 0 Å². The highest BCUT2D eigenvalue weighted by atomic mass is 32.2. The van der Waals surface area contributed by atoms with Crippen LogP contribution in [0.15, 0.2) is 64.2 Å². The fourth-order valence-corrected chi connectivity index (χ4v) is 4.14. The molecule has 2 rings (SSSR count). The van der Waals surface area contributed by atoms with Crippen LogP contribution in [0.4, 0.5) is 4.48 Å². The molecule has 0 amide bonds. The first-order valence-corrected chi connectivity index (χ1v) is 12.1. The van der Waals surface area contributed by atoms with E-state index in [9.17, 15) is 5.11 Å². The van der Waals surface area contributed by atoms with Gasteiger partial charge in [0.2, 0.25) is 0 Å². The third-order valence-corrected chi connectivity index (χ3v) is 6.08. The van der Waals surface area contributed by atoms with Crippen molar-refractivity contribution in [2.45, 2.75) is 76.2 Å². The lowest BCUT2D eigenvalue weighted by Gasteiger charge is -2.15. The molecule has 32 heavy (non-hydrogen) atoms. The third-order valence-electron chi connectivity index (χ3n) is 4.81. The monoisotopic (exact) mass is 463 g/mol. The molecule has 2 aromatic carbocycles. The molecule has 0 aliphatic heterocycles. The number of nitrogens with one attached hydrogen (secondary N) is 2. The van der Waals surface area contributed by atoms with Crippen molar-refractivity contribution in [1.82, 2.24) is 10.6 Å². The van der Waals surface area contributed by atoms with E-state index < -0.39 is 0 Å². The molecule has 0 bridgehead atoms. The Labute approximate surface area is 198 Å². The fraction of sp³-hybridized carbons (Fsp3) is 0.462. The first kappa shape index (κ1) is 30.0. The molecule has 1 atom stereocenters. The second-order valence-corrected chi connectivity index (χ2v) is 8.49. The summed E-state index contributed by atoms with van der Waals surface area (Å²) in [5.74, 6) is 4.47. The zero-order valence-electron chi connectivity index (χ0n) is 20.7. The van der Waals surface area contributed by atoms with E-state index in [1.54, 1.807) is 0 Å². The van der Waals surface area contributed by atoms with Crippen molar-refractivity contribution in [1.29, 1.82) is 0 Å². The molecular weight excluding hydrogens is 421 g/mol. The maximum absolute atomic E-state index is 9.71. The number of hydrogen-bond donors (Lipinski definition) is 4. The zero-order valence-corrected chi connectivity index (χ0v) is 21.5. The number of halogens is 1. The molecule has 0 spiro atoms. The molecule has 2 aromatic rings. The van der Waals surface area contributed by atoms with Crippen molar-refractivity contribution in [2.24, 2.45) is 5.96 Å². The maximum atomic E-state index is 9.71. The molecule has 0 radical (unpaired) electrons. The van der Waals surface area contributed by atoms with Gasteiger partial charge in [0.1, 0.15) is 0 Å². The molecule has 0 saturated heterocycles. The second kappa shape index (κ2) is 17.5. The van der Waals surface area contributed by atoms with Crippen LogP contribution >= 0.6 is 11.8 Å². The molecule has 0 fully saturated rings. The van der Waals surface area contributed by atoms with Crippen LogP contribution in [0.5, 0.6) is 0 Å². The van der Waals surface area contributed by atoms with Gasteiger partial charge < -0.3 is 15.7 Å². The summed E-state index contributed by atoms with van der Waals surface area (Å²) in [5.41, 5.74) is 3.98. The summed E-state index contributed by atoms with van der Waals surface area (Å²) in [6.07, 6.45) is 3.42. The van der Waals surface area contributed by atoms with E-state index in [2.05, 4.69) is 85.9 Å². The number of aliphatic hydroxyl groups excluding tert-OH is 1. The number of aryl methyl sites for hydroxylation is 1. The van der Waals surface area contributed by atoms with E-state index >= 15 is 0 Å². The quantitative estimate of drug-likeness (QED) is 0.321. The molecule has 0 heterocycles. The standard InChI is InChI=1S/C24H34N2OS.C2H6.FH2N/c1-6-20(27)16-26-24(25-5)14-12-19-11-13-22(18(4)15-19)28-23-10-8-7-9-21(23)17(2)3;2*1-2/h7-11,13-15,17,20,25-27H,6,12,16H2,1-5H3;1-2H3;2H2/b24-14+;;. The number of nitrogens with two attached hydrogens (primary N) is 1. The number of rotatable bonds is 10. The predicted octanol–water partition coefficient (Wildman–Crippen LogP) is 6.09. The SMILES string of the molecule is CC.CCC(O)CN/C(=C/Cc1ccc(Sc2ccccc2C(C)C)c(C)c1)NC.NF. The van der Waals surface area contributed by atoms with Crippen molar-refractivity contribution < 1.29 is 9.59 Å².